The predicted molar refractivity (Wildman–Crippen MR) is 177 cm³/mol. The number of hydrogen-bond acceptors (Lipinski definition) is 2. The summed E-state index contributed by atoms with van der Waals surface area (Å²) >= 11 is 0. The van der Waals surface area contributed by atoms with Crippen molar-refractivity contribution in [2.24, 2.45) is 0 Å². The minimum Gasteiger partial charge on any atom is -0.309 e. The second-order valence-electron chi connectivity index (χ2n) is 11.1. The van der Waals surface area contributed by atoms with Crippen molar-refractivity contribution in [3.8, 4) is 11.4 Å². The normalized spacial score (nSPS) is 12.2. The Kier molecular flexibility index (Phi) is 4.39. The molecule has 43 heavy (non-hydrogen) atoms. The van der Waals surface area contributed by atoms with Crippen LogP contribution >= 0.6 is 0 Å². The van der Waals surface area contributed by atoms with Gasteiger partial charge in [0.15, 0.2) is 0 Å². The molecule has 0 fully saturated rings. The van der Waals surface area contributed by atoms with Crippen LogP contribution in [0.3, 0.4) is 0 Å². The van der Waals surface area contributed by atoms with E-state index in [4.69, 9.17) is 4.98 Å². The number of pyridine rings is 2. The van der Waals surface area contributed by atoms with Gasteiger partial charge < -0.3 is 9.13 Å². The van der Waals surface area contributed by atoms with E-state index >= 15 is 0 Å². The molecule has 0 saturated carbocycles. The maximum atomic E-state index is 5.03. The molecule has 0 saturated heterocycles. The number of benzene rings is 5. The zero-order valence-electron chi connectivity index (χ0n) is 23.0. The Morgan fingerprint density at radius 3 is 1.58 bits per heavy atom. The summed E-state index contributed by atoms with van der Waals surface area (Å²) in [5.74, 6) is 0. The minimum absolute atomic E-state index is 0.923. The van der Waals surface area contributed by atoms with Crippen molar-refractivity contribution in [3.05, 3.63) is 140 Å². The molecule has 5 aromatic carbocycles. The Morgan fingerprint density at radius 2 is 0.953 bits per heavy atom. The van der Waals surface area contributed by atoms with Crippen LogP contribution in [0.1, 0.15) is 0 Å². The molecule has 5 nitrogen and oxygen atoms in total. The Hall–Kier alpha value is -5.94. The average molecular weight is 550 g/mol. The minimum atomic E-state index is 0.923. The topological polar surface area (TPSA) is 40.0 Å². The number of rotatable bonds is 2. The first-order valence-corrected chi connectivity index (χ1v) is 14.5. The lowest BCUT2D eigenvalue weighted by atomic mass is 9.97. The van der Waals surface area contributed by atoms with E-state index in [0.717, 1.165) is 33.3 Å². The van der Waals surface area contributed by atoms with Gasteiger partial charge in [0.05, 0.1) is 39.2 Å². The number of nitrogens with zero attached hydrogens (tertiary/aromatic N) is 5. The predicted octanol–water partition coefficient (Wildman–Crippen LogP) is 9.23. The number of fused-ring (bicyclic) bond motifs is 15. The molecule has 0 radical (unpaired) electrons. The quantitative estimate of drug-likeness (QED) is 0.202. The van der Waals surface area contributed by atoms with E-state index in [2.05, 4.69) is 140 Å². The van der Waals surface area contributed by atoms with Gasteiger partial charge in [-0.2, -0.15) is 0 Å². The molecule has 0 aliphatic carbocycles. The first kappa shape index (κ1) is 22.7. The van der Waals surface area contributed by atoms with E-state index in [1.165, 1.54) is 49.0 Å². The first-order valence-electron chi connectivity index (χ1n) is 14.5. The van der Waals surface area contributed by atoms with Crippen LogP contribution in [0.15, 0.2) is 140 Å². The third-order valence-electron chi connectivity index (χ3n) is 8.95. The van der Waals surface area contributed by atoms with Gasteiger partial charge in [0, 0.05) is 62.3 Å². The SMILES string of the molecule is c1ccc(-n2c3ccccc3c3c4c5ccccc5n(-c5ccccc5)c4c4c(c5ccncc5n5ccnc45)c32)cc1. The fourth-order valence-corrected chi connectivity index (χ4v) is 7.34. The largest absolute Gasteiger partial charge is 0.309 e. The van der Waals surface area contributed by atoms with Crippen molar-refractivity contribution in [2.75, 3.05) is 0 Å². The van der Waals surface area contributed by atoms with E-state index in [1.807, 2.05) is 18.6 Å². The average Bonchev–Trinajstić information content (AvgIpc) is 3.78. The Balaban J connectivity index is 1.66. The van der Waals surface area contributed by atoms with Crippen LogP contribution < -0.4 is 0 Å². The molecule has 5 aromatic heterocycles. The van der Waals surface area contributed by atoms with Gasteiger partial charge in [-0.1, -0.05) is 72.8 Å². The van der Waals surface area contributed by atoms with Crippen LogP contribution in [0.25, 0.3) is 82.3 Å². The summed E-state index contributed by atoms with van der Waals surface area (Å²) in [6.07, 6.45) is 7.82. The summed E-state index contributed by atoms with van der Waals surface area (Å²) < 4.78 is 7.07. The lowest BCUT2D eigenvalue weighted by molar-refractivity contribution is 1.18. The molecule has 0 amide bonds. The highest BCUT2D eigenvalue weighted by atomic mass is 15.0. The van der Waals surface area contributed by atoms with E-state index < -0.39 is 0 Å². The third-order valence-corrected chi connectivity index (χ3v) is 8.95. The van der Waals surface area contributed by atoms with E-state index in [9.17, 15) is 0 Å². The van der Waals surface area contributed by atoms with Crippen molar-refractivity contribution >= 4 is 70.9 Å². The summed E-state index contributed by atoms with van der Waals surface area (Å²) in [5, 5.41) is 8.41. The number of para-hydroxylation sites is 4. The highest BCUT2D eigenvalue weighted by Gasteiger charge is 2.27. The lowest BCUT2D eigenvalue weighted by Crippen LogP contribution is -1.99. The van der Waals surface area contributed by atoms with Crippen LogP contribution in [-0.4, -0.2) is 23.5 Å². The summed E-state index contributed by atoms with van der Waals surface area (Å²) in [6.45, 7) is 0. The maximum Gasteiger partial charge on any atom is 0.147 e. The van der Waals surface area contributed by atoms with Gasteiger partial charge in [-0.3, -0.25) is 9.38 Å². The van der Waals surface area contributed by atoms with Crippen LogP contribution in [0, 0.1) is 0 Å². The van der Waals surface area contributed by atoms with E-state index in [-0.39, 0.29) is 0 Å². The van der Waals surface area contributed by atoms with Crippen LogP contribution in [0.4, 0.5) is 0 Å². The summed E-state index contributed by atoms with van der Waals surface area (Å²) in [5.41, 5.74) is 8.93. The summed E-state index contributed by atoms with van der Waals surface area (Å²) in [6, 6.07) is 41.2. The van der Waals surface area contributed by atoms with Crippen LogP contribution in [-0.2, 0) is 0 Å². The number of aromatic nitrogens is 5. The van der Waals surface area contributed by atoms with Crippen molar-refractivity contribution < 1.29 is 0 Å². The van der Waals surface area contributed by atoms with E-state index in [0.29, 0.717) is 0 Å². The second kappa shape index (κ2) is 8.30. The number of imidazole rings is 1. The fraction of sp³-hybridized carbons (Fsp3) is 0. The van der Waals surface area contributed by atoms with Gasteiger partial charge in [0.1, 0.15) is 5.65 Å². The van der Waals surface area contributed by atoms with Crippen molar-refractivity contribution in [1.29, 1.82) is 0 Å². The Morgan fingerprint density at radius 1 is 0.442 bits per heavy atom. The zero-order valence-corrected chi connectivity index (χ0v) is 23.0. The molecule has 10 rings (SSSR count). The molecule has 0 aliphatic heterocycles. The Labute approximate surface area is 245 Å². The van der Waals surface area contributed by atoms with Crippen molar-refractivity contribution in [3.63, 3.8) is 0 Å². The fourth-order valence-electron chi connectivity index (χ4n) is 7.34. The molecule has 0 N–H and O–H groups in total. The molecule has 0 aliphatic rings. The van der Waals surface area contributed by atoms with Gasteiger partial charge >= 0.3 is 0 Å². The molecular formula is C38H23N5. The first-order chi connectivity index (χ1) is 21.4. The van der Waals surface area contributed by atoms with Gasteiger partial charge in [-0.05, 0) is 42.5 Å². The molecular weight excluding hydrogens is 526 g/mol. The van der Waals surface area contributed by atoms with Crippen LogP contribution in [0.5, 0.6) is 0 Å². The highest BCUT2D eigenvalue weighted by molar-refractivity contribution is 6.41. The Bertz CT molecular complexity index is 2710. The molecule has 0 unspecified atom stereocenters. The zero-order chi connectivity index (χ0) is 28.1. The molecule has 10 aromatic rings. The van der Waals surface area contributed by atoms with Gasteiger partial charge in [0.2, 0.25) is 0 Å². The third kappa shape index (κ3) is 2.85. The second-order valence-corrected chi connectivity index (χ2v) is 11.1. The summed E-state index contributed by atoms with van der Waals surface area (Å²) in [4.78, 5) is 9.58. The van der Waals surface area contributed by atoms with Crippen molar-refractivity contribution in [1.82, 2.24) is 23.5 Å². The van der Waals surface area contributed by atoms with Gasteiger partial charge in [-0.25, -0.2) is 4.98 Å². The van der Waals surface area contributed by atoms with Gasteiger partial charge in [0.25, 0.3) is 0 Å². The standard InChI is InChI=1S/C38H23N5/c1-3-11-24(12-4-1)42-29-17-9-7-15-26(29)32-33-27-16-8-10-18-30(27)43(25-13-5-2-6-14-25)37(33)35-34(36(32)42)28-19-20-39-23-31(28)41-22-21-40-38(35)41/h1-23H. The number of hydrogen-bond donors (Lipinski definition) is 0. The lowest BCUT2D eigenvalue weighted by Gasteiger charge is -2.16. The van der Waals surface area contributed by atoms with E-state index in [1.54, 1.807) is 0 Å². The van der Waals surface area contributed by atoms with Crippen LogP contribution in [0.2, 0.25) is 0 Å². The summed E-state index contributed by atoms with van der Waals surface area (Å²) in [7, 11) is 0. The van der Waals surface area contributed by atoms with Crippen molar-refractivity contribution in [2.45, 2.75) is 0 Å². The molecule has 0 atom stereocenters. The molecule has 5 heterocycles. The molecule has 0 bridgehead atoms. The maximum absolute atomic E-state index is 5.03. The van der Waals surface area contributed by atoms with Gasteiger partial charge in [-0.15, -0.1) is 0 Å². The highest BCUT2D eigenvalue weighted by Crippen LogP contribution is 2.49. The molecule has 5 heteroatoms. The monoisotopic (exact) mass is 549 g/mol. The smallest absolute Gasteiger partial charge is 0.147 e. The molecule has 200 valence electrons. The molecule has 0 spiro atoms.